The number of rotatable bonds is 8. The normalized spacial score (nSPS) is 11.6. The smallest absolute Gasteiger partial charge is 0.292 e. The Hall–Kier alpha value is -7.06. The van der Waals surface area contributed by atoms with Crippen LogP contribution in [-0.2, 0) is 25.5 Å². The molecule has 0 bridgehead atoms. The Labute approximate surface area is 410 Å². The van der Waals surface area contributed by atoms with Crippen molar-refractivity contribution in [2.75, 3.05) is 0 Å². The predicted molar refractivity (Wildman–Crippen MR) is 268 cm³/mol. The van der Waals surface area contributed by atoms with Gasteiger partial charge in [0.15, 0.2) is 0 Å². The number of carboxylic acid groups (broad SMARTS) is 1. The van der Waals surface area contributed by atoms with Crippen molar-refractivity contribution in [2.45, 2.75) is 72.6 Å². The summed E-state index contributed by atoms with van der Waals surface area (Å²) in [7, 11) is 0. The number of carboxylic acids is 1. The third-order valence-corrected chi connectivity index (χ3v) is 12.3. The quantitative estimate of drug-likeness (QED) is 0.152. The van der Waals surface area contributed by atoms with Gasteiger partial charge in [0, 0.05) is 49.4 Å². The van der Waals surface area contributed by atoms with Gasteiger partial charge in [0.25, 0.3) is 5.97 Å². The van der Waals surface area contributed by atoms with Crippen LogP contribution in [0.4, 0.5) is 4.39 Å². The first kappa shape index (κ1) is 47.4. The number of carbonyl (C=O) groups is 1. The van der Waals surface area contributed by atoms with E-state index in [4.69, 9.17) is 14.5 Å². The first-order valence-corrected chi connectivity index (χ1v) is 22.6. The zero-order valence-electron chi connectivity index (χ0n) is 39.3. The van der Waals surface area contributed by atoms with E-state index in [9.17, 15) is 9.18 Å². The average molecular weight is 1080 g/mol. The van der Waals surface area contributed by atoms with Gasteiger partial charge in [-0.25, -0.2) is 0 Å². The summed E-state index contributed by atoms with van der Waals surface area (Å²) in [4.78, 5) is 24.9. The van der Waals surface area contributed by atoms with Crippen LogP contribution in [0.25, 0.3) is 83.6 Å². The molecule has 0 aliphatic heterocycles. The van der Waals surface area contributed by atoms with E-state index in [1.165, 1.54) is 34.0 Å². The third kappa shape index (κ3) is 9.16. The minimum Gasteiger partial charge on any atom is -0.501 e. The topological polar surface area (TPSA) is 94.0 Å². The molecule has 0 atom stereocenters. The molecule has 6 aromatic carbocycles. The van der Waals surface area contributed by atoms with Crippen molar-refractivity contribution in [2.24, 2.45) is 0 Å². The van der Waals surface area contributed by atoms with Crippen molar-refractivity contribution in [3.05, 3.63) is 192 Å². The maximum Gasteiger partial charge on any atom is 0.292 e. The van der Waals surface area contributed by atoms with Crippen LogP contribution in [0.5, 0.6) is 0 Å². The average Bonchev–Trinajstić information content (AvgIpc) is 3.91. The van der Waals surface area contributed by atoms with E-state index in [1.54, 1.807) is 12.3 Å². The SMILES string of the molecule is CC(C)(C)c1ccc(-c2[c-]cc(C(=O)O)cc2F)nc1.Cc1cncc2c1nc(-c1[c-]ccc3c1oc1cc(-c4cccc(-c5ccccc5)c4)ccc13)n2-c1c(C(C)C)cccc1C(C)C.[Ir]. The van der Waals surface area contributed by atoms with Crippen molar-refractivity contribution in [3.8, 4) is 50.6 Å². The van der Waals surface area contributed by atoms with Gasteiger partial charge in [-0.3, -0.25) is 19.2 Å². The predicted octanol–water partition coefficient (Wildman–Crippen LogP) is 15.4. The summed E-state index contributed by atoms with van der Waals surface area (Å²) in [6.45, 7) is 17.3. The van der Waals surface area contributed by atoms with Gasteiger partial charge in [-0.2, -0.15) is 0 Å². The molecule has 0 saturated carbocycles. The molecule has 68 heavy (non-hydrogen) atoms. The number of furan rings is 1. The number of aryl methyl sites for hydroxylation is 1. The molecule has 0 unspecified atom stereocenters. The Morgan fingerprint density at radius 3 is 2.06 bits per heavy atom. The van der Waals surface area contributed by atoms with Crippen LogP contribution in [-0.4, -0.2) is 30.6 Å². The molecule has 0 aliphatic carbocycles. The van der Waals surface area contributed by atoms with Crippen LogP contribution in [0, 0.1) is 24.9 Å². The molecule has 0 fully saturated rings. The van der Waals surface area contributed by atoms with Gasteiger partial charge in [0.05, 0.1) is 28.6 Å². The molecule has 4 heterocycles. The Morgan fingerprint density at radius 2 is 1.41 bits per heavy atom. The minimum absolute atomic E-state index is 0. The fourth-order valence-electron chi connectivity index (χ4n) is 8.66. The molecule has 343 valence electrons. The van der Waals surface area contributed by atoms with Gasteiger partial charge < -0.3 is 19.1 Å². The van der Waals surface area contributed by atoms with Crippen LogP contribution in [0.2, 0.25) is 0 Å². The zero-order chi connectivity index (χ0) is 47.1. The van der Waals surface area contributed by atoms with Crippen molar-refractivity contribution in [3.63, 3.8) is 0 Å². The summed E-state index contributed by atoms with van der Waals surface area (Å²) in [5.41, 5.74) is 15.3. The van der Waals surface area contributed by atoms with Gasteiger partial charge in [-0.05, 0) is 92.1 Å². The Bertz CT molecular complexity index is 3430. The molecule has 10 rings (SSSR count). The Kier molecular flexibility index (Phi) is 13.4. The number of benzene rings is 6. The van der Waals surface area contributed by atoms with Crippen LogP contribution < -0.4 is 0 Å². The second-order valence-corrected chi connectivity index (χ2v) is 18.6. The number of imidazole rings is 1. The molecule has 7 nitrogen and oxygen atoms in total. The third-order valence-electron chi connectivity index (χ3n) is 12.3. The largest absolute Gasteiger partial charge is 0.501 e. The van der Waals surface area contributed by atoms with Gasteiger partial charge in [-0.15, -0.1) is 30.3 Å². The summed E-state index contributed by atoms with van der Waals surface area (Å²) in [5.74, 6) is -0.372. The molecule has 0 spiro atoms. The number of para-hydroxylation sites is 1. The fraction of sp³-hybridized carbons (Fsp3) is 0.186. The van der Waals surface area contributed by atoms with Gasteiger partial charge in [-0.1, -0.05) is 162 Å². The molecule has 9 heteroatoms. The fourth-order valence-corrected chi connectivity index (χ4v) is 8.66. The van der Waals surface area contributed by atoms with E-state index in [-0.39, 0.29) is 36.6 Å². The zero-order valence-corrected chi connectivity index (χ0v) is 41.7. The number of aromatic nitrogens is 4. The summed E-state index contributed by atoms with van der Waals surface area (Å²) in [6.07, 6.45) is 5.53. The van der Waals surface area contributed by atoms with Crippen molar-refractivity contribution in [1.29, 1.82) is 0 Å². The number of fused-ring (bicyclic) bond motifs is 4. The van der Waals surface area contributed by atoms with Crippen molar-refractivity contribution >= 4 is 38.9 Å². The molecular formula is C59H51FIrN4O3-2. The van der Waals surface area contributed by atoms with E-state index in [1.807, 2.05) is 30.6 Å². The number of hydrogen-bond donors (Lipinski definition) is 1. The molecule has 10 aromatic rings. The van der Waals surface area contributed by atoms with E-state index in [0.29, 0.717) is 17.5 Å². The maximum atomic E-state index is 13.9. The van der Waals surface area contributed by atoms with Crippen molar-refractivity contribution in [1.82, 2.24) is 19.5 Å². The van der Waals surface area contributed by atoms with Crippen LogP contribution in [0.15, 0.2) is 150 Å². The molecule has 4 aromatic heterocycles. The number of aromatic carboxylic acids is 1. The second-order valence-electron chi connectivity index (χ2n) is 18.6. The van der Waals surface area contributed by atoms with Gasteiger partial charge in [0.2, 0.25) is 0 Å². The summed E-state index contributed by atoms with van der Waals surface area (Å²) in [6, 6.07) is 48.5. The van der Waals surface area contributed by atoms with Crippen LogP contribution >= 0.6 is 0 Å². The molecular weight excluding hydrogens is 1020 g/mol. The van der Waals surface area contributed by atoms with Crippen LogP contribution in [0.3, 0.4) is 0 Å². The number of hydrogen-bond acceptors (Lipinski definition) is 5. The van der Waals surface area contributed by atoms with Crippen molar-refractivity contribution < 1.29 is 38.8 Å². The van der Waals surface area contributed by atoms with E-state index < -0.39 is 11.8 Å². The Balaban J connectivity index is 0.000000251. The van der Waals surface area contributed by atoms with Gasteiger partial charge in [0.1, 0.15) is 5.58 Å². The second kappa shape index (κ2) is 19.3. The minimum atomic E-state index is -1.18. The summed E-state index contributed by atoms with van der Waals surface area (Å²) >= 11 is 0. The monoisotopic (exact) mass is 1080 g/mol. The van der Waals surface area contributed by atoms with E-state index in [0.717, 1.165) is 72.7 Å². The van der Waals surface area contributed by atoms with Crippen LogP contribution in [0.1, 0.15) is 92.9 Å². The van der Waals surface area contributed by atoms with Gasteiger partial charge >= 0.3 is 0 Å². The number of pyridine rings is 2. The summed E-state index contributed by atoms with van der Waals surface area (Å²) < 4.78 is 23.0. The molecule has 0 aliphatic rings. The first-order valence-electron chi connectivity index (χ1n) is 22.6. The standard InChI is InChI=1S/C43H36N3O.C16H15FNO2.Ir/c1-26(2)33-16-10-17-34(27(3)4)41(33)46-38-25-44-24-28(5)40(38)45-43(46)37-19-11-18-36-35-21-20-32(23-39(35)47-42(36)37)31-15-9-14-30(22-31)29-12-7-6-8-13-29;1-16(2,3)11-5-7-14(18-9-11)12-6-4-10(15(19)20)8-13(12)17;/h6-18,20-27H,1-5H3;4-5,7-9H,1-3H3,(H,19,20);/q2*-1;. The van der Waals surface area contributed by atoms with E-state index in [2.05, 4.69) is 173 Å². The molecule has 1 radical (unpaired) electrons. The molecule has 1 N–H and O–H groups in total. The summed E-state index contributed by atoms with van der Waals surface area (Å²) in [5, 5.41) is 10.9. The molecule has 0 amide bonds. The Morgan fingerprint density at radius 1 is 0.735 bits per heavy atom. The first-order chi connectivity index (χ1) is 32.2. The number of halogens is 1. The molecule has 0 saturated heterocycles. The maximum absolute atomic E-state index is 13.9. The number of nitrogens with zero attached hydrogens (tertiary/aromatic N) is 4. The van der Waals surface area contributed by atoms with E-state index >= 15 is 0 Å².